The third-order valence-electron chi connectivity index (χ3n) is 3.12. The van der Waals surface area contributed by atoms with Crippen LogP contribution in [0.4, 0.5) is 0 Å². The summed E-state index contributed by atoms with van der Waals surface area (Å²) < 4.78 is 5.40. The van der Waals surface area contributed by atoms with Crippen LogP contribution in [0.1, 0.15) is 16.1 Å². The molecule has 0 N–H and O–H groups in total. The molecular formula is C17H13NO2. The fourth-order valence-electron chi connectivity index (χ4n) is 2.02. The van der Waals surface area contributed by atoms with Crippen LogP contribution >= 0.6 is 0 Å². The fourth-order valence-corrected chi connectivity index (χ4v) is 2.02. The van der Waals surface area contributed by atoms with E-state index in [1.807, 2.05) is 49.5 Å². The Balaban J connectivity index is 1.91. The number of pyridine rings is 1. The predicted molar refractivity (Wildman–Crippen MR) is 77.5 cm³/mol. The summed E-state index contributed by atoms with van der Waals surface area (Å²) in [4.78, 5) is 15.0. The molecule has 3 heteroatoms. The van der Waals surface area contributed by atoms with Gasteiger partial charge in [-0.1, -0.05) is 30.3 Å². The van der Waals surface area contributed by atoms with Gasteiger partial charge in [0.25, 0.3) is 0 Å². The summed E-state index contributed by atoms with van der Waals surface area (Å²) in [5, 5.41) is 0. The molecule has 20 heavy (non-hydrogen) atoms. The van der Waals surface area contributed by atoms with Crippen molar-refractivity contribution in [1.29, 1.82) is 0 Å². The zero-order valence-electron chi connectivity index (χ0n) is 11.0. The molecule has 0 atom stereocenters. The Morgan fingerprint density at radius 1 is 0.950 bits per heavy atom. The van der Waals surface area contributed by atoms with Crippen LogP contribution < -0.4 is 0 Å². The fraction of sp³-hybridized carbons (Fsp3) is 0.0588. The lowest BCUT2D eigenvalue weighted by atomic mass is 10.1. The van der Waals surface area contributed by atoms with Crippen molar-refractivity contribution in [3.05, 3.63) is 66.1 Å². The second-order valence-electron chi connectivity index (χ2n) is 4.62. The molecule has 0 fully saturated rings. The number of hydrogen-bond donors (Lipinski definition) is 0. The monoisotopic (exact) mass is 263 g/mol. The molecule has 0 saturated heterocycles. The maximum atomic E-state index is 10.6. The van der Waals surface area contributed by atoms with Crippen LogP contribution in [0.5, 0.6) is 0 Å². The van der Waals surface area contributed by atoms with Crippen LogP contribution in [0.15, 0.2) is 59.1 Å². The van der Waals surface area contributed by atoms with E-state index >= 15 is 0 Å². The van der Waals surface area contributed by atoms with Gasteiger partial charge >= 0.3 is 0 Å². The zero-order valence-corrected chi connectivity index (χ0v) is 11.0. The number of aromatic nitrogens is 1. The highest BCUT2D eigenvalue weighted by molar-refractivity contribution is 5.73. The standard InChI is InChI=1S/C17H13NO2/c1-12-2-8-16(18-10-12)13-3-5-14(6-4-13)17-9-7-15(11-19)20-17/h2-11H,1H3. The minimum absolute atomic E-state index is 0.337. The molecule has 0 spiro atoms. The summed E-state index contributed by atoms with van der Waals surface area (Å²) in [6.45, 7) is 2.02. The highest BCUT2D eigenvalue weighted by Gasteiger charge is 2.05. The summed E-state index contributed by atoms with van der Waals surface area (Å²) in [7, 11) is 0. The molecule has 3 aromatic rings. The number of rotatable bonds is 3. The summed E-state index contributed by atoms with van der Waals surface area (Å²) in [5.41, 5.74) is 4.07. The normalized spacial score (nSPS) is 10.4. The van der Waals surface area contributed by atoms with E-state index in [2.05, 4.69) is 4.98 Å². The summed E-state index contributed by atoms with van der Waals surface area (Å²) >= 11 is 0. The molecule has 0 radical (unpaired) electrons. The van der Waals surface area contributed by atoms with Crippen molar-refractivity contribution in [2.24, 2.45) is 0 Å². The van der Waals surface area contributed by atoms with E-state index in [0.717, 1.165) is 22.4 Å². The molecule has 3 rings (SSSR count). The SMILES string of the molecule is Cc1ccc(-c2ccc(-c3ccc(C=O)o3)cc2)nc1. The lowest BCUT2D eigenvalue weighted by Crippen LogP contribution is -1.84. The highest BCUT2D eigenvalue weighted by Crippen LogP contribution is 2.25. The van der Waals surface area contributed by atoms with E-state index in [1.165, 1.54) is 0 Å². The number of carbonyl (C=O) groups excluding carboxylic acids is 1. The second-order valence-corrected chi connectivity index (χ2v) is 4.62. The van der Waals surface area contributed by atoms with Gasteiger partial charge in [-0.3, -0.25) is 9.78 Å². The molecule has 0 aliphatic carbocycles. The molecule has 0 bridgehead atoms. The Morgan fingerprint density at radius 2 is 1.70 bits per heavy atom. The van der Waals surface area contributed by atoms with Crippen molar-refractivity contribution >= 4 is 6.29 Å². The van der Waals surface area contributed by atoms with Crippen LogP contribution in [-0.4, -0.2) is 11.3 Å². The Morgan fingerprint density at radius 3 is 2.30 bits per heavy atom. The summed E-state index contributed by atoms with van der Waals surface area (Å²) in [5.74, 6) is 1.03. The molecule has 2 aromatic heterocycles. The van der Waals surface area contributed by atoms with E-state index in [4.69, 9.17) is 4.42 Å². The lowest BCUT2D eigenvalue weighted by Gasteiger charge is -2.02. The van der Waals surface area contributed by atoms with Gasteiger partial charge in [0.05, 0.1) is 5.69 Å². The molecule has 2 heterocycles. The highest BCUT2D eigenvalue weighted by atomic mass is 16.3. The van der Waals surface area contributed by atoms with Crippen molar-refractivity contribution in [2.45, 2.75) is 6.92 Å². The van der Waals surface area contributed by atoms with Crippen LogP contribution in [0.3, 0.4) is 0 Å². The first-order valence-electron chi connectivity index (χ1n) is 6.35. The number of benzene rings is 1. The zero-order chi connectivity index (χ0) is 13.9. The van der Waals surface area contributed by atoms with Crippen LogP contribution in [-0.2, 0) is 0 Å². The molecule has 0 saturated carbocycles. The molecule has 1 aromatic carbocycles. The van der Waals surface area contributed by atoms with Crippen molar-refractivity contribution in [1.82, 2.24) is 4.98 Å². The summed E-state index contributed by atoms with van der Waals surface area (Å²) in [6, 6.07) is 15.4. The first kappa shape index (κ1) is 12.4. The number of aldehydes is 1. The number of hydrogen-bond acceptors (Lipinski definition) is 3. The predicted octanol–water partition coefficient (Wildman–Crippen LogP) is 4.13. The van der Waals surface area contributed by atoms with Crippen molar-refractivity contribution in [3.8, 4) is 22.6 Å². The lowest BCUT2D eigenvalue weighted by molar-refractivity contribution is 0.110. The number of aryl methyl sites for hydroxylation is 1. The van der Waals surface area contributed by atoms with Crippen LogP contribution in [0.25, 0.3) is 22.6 Å². The van der Waals surface area contributed by atoms with Gasteiger partial charge in [-0.05, 0) is 30.7 Å². The molecule has 3 nitrogen and oxygen atoms in total. The summed E-state index contributed by atoms with van der Waals surface area (Å²) in [6.07, 6.45) is 2.56. The van der Waals surface area contributed by atoms with Crippen molar-refractivity contribution in [3.63, 3.8) is 0 Å². The van der Waals surface area contributed by atoms with Crippen LogP contribution in [0.2, 0.25) is 0 Å². The van der Waals surface area contributed by atoms with Gasteiger partial charge in [0.1, 0.15) is 5.76 Å². The molecule has 0 aliphatic rings. The van der Waals surface area contributed by atoms with Gasteiger partial charge in [0, 0.05) is 17.3 Å². The Hall–Kier alpha value is -2.68. The van der Waals surface area contributed by atoms with Gasteiger partial charge in [-0.2, -0.15) is 0 Å². The van der Waals surface area contributed by atoms with Gasteiger partial charge in [0.2, 0.25) is 0 Å². The molecule has 0 unspecified atom stereocenters. The van der Waals surface area contributed by atoms with E-state index in [1.54, 1.807) is 12.1 Å². The number of furan rings is 1. The topological polar surface area (TPSA) is 43.1 Å². The largest absolute Gasteiger partial charge is 0.453 e. The van der Waals surface area contributed by atoms with Crippen LogP contribution in [0, 0.1) is 6.92 Å². The van der Waals surface area contributed by atoms with Gasteiger partial charge in [0.15, 0.2) is 12.0 Å². The maximum Gasteiger partial charge on any atom is 0.185 e. The average Bonchev–Trinajstić information content (AvgIpc) is 2.97. The number of carbonyl (C=O) groups is 1. The smallest absolute Gasteiger partial charge is 0.185 e. The Bertz CT molecular complexity index is 724. The molecule has 0 amide bonds. The van der Waals surface area contributed by atoms with E-state index in [9.17, 15) is 4.79 Å². The number of nitrogens with zero attached hydrogens (tertiary/aromatic N) is 1. The quantitative estimate of drug-likeness (QED) is 0.667. The maximum absolute atomic E-state index is 10.6. The molecule has 98 valence electrons. The second kappa shape index (κ2) is 5.13. The van der Waals surface area contributed by atoms with Gasteiger partial charge in [-0.25, -0.2) is 0 Å². The minimum atomic E-state index is 0.337. The van der Waals surface area contributed by atoms with Crippen molar-refractivity contribution in [2.75, 3.05) is 0 Å². The Labute approximate surface area is 116 Å². The van der Waals surface area contributed by atoms with Gasteiger partial charge in [-0.15, -0.1) is 0 Å². The third kappa shape index (κ3) is 2.38. The third-order valence-corrected chi connectivity index (χ3v) is 3.12. The Kier molecular flexibility index (Phi) is 3.17. The van der Waals surface area contributed by atoms with E-state index in [0.29, 0.717) is 17.8 Å². The minimum Gasteiger partial charge on any atom is -0.453 e. The van der Waals surface area contributed by atoms with Gasteiger partial charge < -0.3 is 4.42 Å². The first-order chi connectivity index (χ1) is 9.76. The van der Waals surface area contributed by atoms with E-state index in [-0.39, 0.29) is 0 Å². The average molecular weight is 263 g/mol. The first-order valence-corrected chi connectivity index (χ1v) is 6.35. The molecular weight excluding hydrogens is 250 g/mol. The van der Waals surface area contributed by atoms with E-state index < -0.39 is 0 Å². The van der Waals surface area contributed by atoms with Crippen molar-refractivity contribution < 1.29 is 9.21 Å². The molecule has 0 aliphatic heterocycles.